The Hall–Kier alpha value is -2.90. The minimum Gasteiger partial charge on any atom is -0.469 e. The van der Waals surface area contributed by atoms with Crippen LogP contribution < -0.4 is 5.56 Å². The topological polar surface area (TPSA) is 90.7 Å². The lowest BCUT2D eigenvalue weighted by atomic mass is 10.1. The van der Waals surface area contributed by atoms with E-state index in [0.29, 0.717) is 29.6 Å². The molecule has 0 unspecified atom stereocenters. The van der Waals surface area contributed by atoms with Gasteiger partial charge in [0.2, 0.25) is 0 Å². The number of ether oxygens (including phenoxy) is 2. The molecule has 1 aromatic heterocycles. The van der Waals surface area contributed by atoms with Crippen molar-refractivity contribution in [2.75, 3.05) is 20.2 Å². The number of carbonyl (C=O) groups excluding carboxylic acids is 2. The summed E-state index contributed by atoms with van der Waals surface area (Å²) in [5.41, 5.74) is -0.339. The third-order valence-corrected chi connectivity index (χ3v) is 4.30. The zero-order valence-corrected chi connectivity index (χ0v) is 15.9. The van der Waals surface area contributed by atoms with Crippen LogP contribution in [0, 0.1) is 0 Å². The van der Waals surface area contributed by atoms with Crippen LogP contribution in [0.5, 0.6) is 0 Å². The second kappa shape index (κ2) is 7.02. The molecule has 1 aromatic carbocycles. The Balaban J connectivity index is 1.88. The molecular weight excluding hydrogens is 350 g/mol. The highest BCUT2D eigenvalue weighted by molar-refractivity contribution is 5.86. The standard InChI is InChI=1S/C19H23N3O5/c1-19(2,3)27-18(25)21-10-12(11-21)22-17(24)14-8-6-5-7-13(14)15(20-22)9-16(23)26-4/h5-8,12H,9-11H2,1-4H3. The van der Waals surface area contributed by atoms with Gasteiger partial charge in [0.25, 0.3) is 5.56 Å². The zero-order chi connectivity index (χ0) is 19.8. The summed E-state index contributed by atoms with van der Waals surface area (Å²) in [5, 5.41) is 5.52. The second-order valence-corrected chi connectivity index (χ2v) is 7.53. The van der Waals surface area contributed by atoms with Crippen molar-refractivity contribution < 1.29 is 19.1 Å². The van der Waals surface area contributed by atoms with Crippen LogP contribution in [0.1, 0.15) is 32.5 Å². The molecule has 0 radical (unpaired) electrons. The van der Waals surface area contributed by atoms with Crippen LogP contribution in [-0.2, 0) is 20.7 Å². The van der Waals surface area contributed by atoms with Crippen molar-refractivity contribution in [3.05, 3.63) is 40.3 Å². The van der Waals surface area contributed by atoms with Crippen LogP contribution in [0.4, 0.5) is 4.79 Å². The first-order valence-corrected chi connectivity index (χ1v) is 8.75. The fraction of sp³-hybridized carbons (Fsp3) is 0.474. The third-order valence-electron chi connectivity index (χ3n) is 4.30. The van der Waals surface area contributed by atoms with Gasteiger partial charge in [0.15, 0.2) is 0 Å². The van der Waals surface area contributed by atoms with E-state index in [1.54, 1.807) is 45.0 Å². The summed E-state index contributed by atoms with van der Waals surface area (Å²) in [6.45, 7) is 6.07. The average molecular weight is 373 g/mol. The number of esters is 1. The van der Waals surface area contributed by atoms with Gasteiger partial charge in [0.1, 0.15) is 5.60 Å². The van der Waals surface area contributed by atoms with Gasteiger partial charge in [-0.25, -0.2) is 9.48 Å². The quantitative estimate of drug-likeness (QED) is 0.764. The minimum atomic E-state index is -0.576. The molecule has 0 spiro atoms. The highest BCUT2D eigenvalue weighted by Gasteiger charge is 2.36. The Morgan fingerprint density at radius 1 is 1.19 bits per heavy atom. The van der Waals surface area contributed by atoms with E-state index in [4.69, 9.17) is 9.47 Å². The first-order chi connectivity index (χ1) is 12.7. The average Bonchev–Trinajstić information content (AvgIpc) is 2.55. The molecule has 0 N–H and O–H groups in total. The van der Waals surface area contributed by atoms with Gasteiger partial charge < -0.3 is 14.4 Å². The minimum absolute atomic E-state index is 0.0280. The Morgan fingerprint density at radius 3 is 2.41 bits per heavy atom. The predicted molar refractivity (Wildman–Crippen MR) is 98.6 cm³/mol. The summed E-state index contributed by atoms with van der Waals surface area (Å²) >= 11 is 0. The van der Waals surface area contributed by atoms with Crippen LogP contribution in [0.25, 0.3) is 10.8 Å². The molecular formula is C19H23N3O5. The SMILES string of the molecule is COC(=O)Cc1nn(C2CN(C(=O)OC(C)(C)C)C2)c(=O)c2ccccc12. The molecule has 3 rings (SSSR count). The molecule has 8 heteroatoms. The van der Waals surface area contributed by atoms with E-state index in [1.807, 2.05) is 0 Å². The lowest BCUT2D eigenvalue weighted by molar-refractivity contribution is -0.139. The van der Waals surface area contributed by atoms with E-state index in [-0.39, 0.29) is 18.0 Å². The fourth-order valence-corrected chi connectivity index (χ4v) is 2.95. The third kappa shape index (κ3) is 3.94. The van der Waals surface area contributed by atoms with Gasteiger partial charge in [-0.1, -0.05) is 18.2 Å². The highest BCUT2D eigenvalue weighted by Crippen LogP contribution is 2.23. The molecule has 0 aliphatic carbocycles. The molecule has 27 heavy (non-hydrogen) atoms. The van der Waals surface area contributed by atoms with Gasteiger partial charge in [-0.2, -0.15) is 5.10 Å². The maximum Gasteiger partial charge on any atom is 0.410 e. The first kappa shape index (κ1) is 18.9. The van der Waals surface area contributed by atoms with Crippen molar-refractivity contribution in [1.29, 1.82) is 0 Å². The van der Waals surface area contributed by atoms with E-state index in [9.17, 15) is 14.4 Å². The van der Waals surface area contributed by atoms with Gasteiger partial charge >= 0.3 is 12.1 Å². The fourth-order valence-electron chi connectivity index (χ4n) is 2.95. The van der Waals surface area contributed by atoms with Crippen LogP contribution in [0.2, 0.25) is 0 Å². The summed E-state index contributed by atoms with van der Waals surface area (Å²) in [6, 6.07) is 6.78. The maximum absolute atomic E-state index is 12.8. The first-order valence-electron chi connectivity index (χ1n) is 8.75. The normalized spacial score (nSPS) is 14.7. The molecule has 8 nitrogen and oxygen atoms in total. The molecule has 1 fully saturated rings. The molecule has 1 saturated heterocycles. The van der Waals surface area contributed by atoms with Gasteiger partial charge in [-0.3, -0.25) is 9.59 Å². The molecule has 0 saturated carbocycles. The molecule has 2 aromatic rings. The second-order valence-electron chi connectivity index (χ2n) is 7.53. The Bertz CT molecular complexity index is 938. The number of rotatable bonds is 3. The molecule has 0 bridgehead atoms. The van der Waals surface area contributed by atoms with Crippen molar-refractivity contribution >= 4 is 22.8 Å². The molecule has 1 aliphatic heterocycles. The summed E-state index contributed by atoms with van der Waals surface area (Å²) < 4.78 is 11.4. The number of carbonyl (C=O) groups is 2. The van der Waals surface area contributed by atoms with Crippen molar-refractivity contribution in [1.82, 2.24) is 14.7 Å². The molecule has 1 amide bonds. The van der Waals surface area contributed by atoms with Crippen molar-refractivity contribution in [3.63, 3.8) is 0 Å². The number of hydrogen-bond acceptors (Lipinski definition) is 6. The largest absolute Gasteiger partial charge is 0.469 e. The highest BCUT2D eigenvalue weighted by atomic mass is 16.6. The van der Waals surface area contributed by atoms with Gasteiger partial charge in [0.05, 0.1) is 30.7 Å². The molecule has 1 aliphatic rings. The number of benzene rings is 1. The summed E-state index contributed by atoms with van der Waals surface area (Å²) in [5.74, 6) is -0.429. The van der Waals surface area contributed by atoms with Gasteiger partial charge in [-0.15, -0.1) is 0 Å². The summed E-state index contributed by atoms with van der Waals surface area (Å²) in [6.07, 6.45) is -0.442. The predicted octanol–water partition coefficient (Wildman–Crippen LogP) is 1.90. The number of amides is 1. The number of nitrogens with zero attached hydrogens (tertiary/aromatic N) is 3. The Labute approximate surface area is 156 Å². The van der Waals surface area contributed by atoms with Crippen LogP contribution in [0.15, 0.2) is 29.1 Å². The summed E-state index contributed by atoms with van der Waals surface area (Å²) in [7, 11) is 1.31. The number of likely N-dealkylation sites (tertiary alicyclic amines) is 1. The van der Waals surface area contributed by atoms with Crippen molar-refractivity contribution in [3.8, 4) is 0 Å². The number of hydrogen-bond donors (Lipinski definition) is 0. The van der Waals surface area contributed by atoms with Gasteiger partial charge in [-0.05, 0) is 26.8 Å². The lowest BCUT2D eigenvalue weighted by Gasteiger charge is -2.39. The number of aromatic nitrogens is 2. The van der Waals surface area contributed by atoms with E-state index in [0.717, 1.165) is 0 Å². The molecule has 0 atom stereocenters. The smallest absolute Gasteiger partial charge is 0.410 e. The van der Waals surface area contributed by atoms with E-state index in [1.165, 1.54) is 16.7 Å². The van der Waals surface area contributed by atoms with Crippen LogP contribution >= 0.6 is 0 Å². The zero-order valence-electron chi connectivity index (χ0n) is 15.9. The number of methoxy groups -OCH3 is 1. The molecule has 144 valence electrons. The van der Waals surface area contributed by atoms with E-state index < -0.39 is 17.7 Å². The van der Waals surface area contributed by atoms with Crippen LogP contribution in [-0.4, -0.2) is 52.5 Å². The molecule has 2 heterocycles. The Morgan fingerprint density at radius 2 is 1.81 bits per heavy atom. The number of fused-ring (bicyclic) bond motifs is 1. The monoisotopic (exact) mass is 373 g/mol. The summed E-state index contributed by atoms with van der Waals surface area (Å²) in [4.78, 5) is 38.2. The van der Waals surface area contributed by atoms with E-state index in [2.05, 4.69) is 5.10 Å². The maximum atomic E-state index is 12.8. The Kier molecular flexibility index (Phi) is 4.91. The van der Waals surface area contributed by atoms with Crippen molar-refractivity contribution in [2.24, 2.45) is 0 Å². The van der Waals surface area contributed by atoms with Crippen molar-refractivity contribution in [2.45, 2.75) is 38.8 Å². The van der Waals surface area contributed by atoms with E-state index >= 15 is 0 Å². The van der Waals surface area contributed by atoms with Gasteiger partial charge in [0, 0.05) is 18.5 Å². The van der Waals surface area contributed by atoms with Crippen LogP contribution in [0.3, 0.4) is 0 Å². The lowest BCUT2D eigenvalue weighted by Crippen LogP contribution is -2.54.